The van der Waals surface area contributed by atoms with Crippen LogP contribution in [0.1, 0.15) is 25.0 Å². The molecular formula is C13H17NO2. The number of benzene rings is 1. The molecule has 2 rings (SSSR count). The molecule has 0 saturated heterocycles. The number of hydrogen-bond acceptors (Lipinski definition) is 2. The first-order chi connectivity index (χ1) is 7.63. The Morgan fingerprint density at radius 1 is 1.38 bits per heavy atom. The molecule has 3 nitrogen and oxygen atoms in total. The average Bonchev–Trinajstić information content (AvgIpc) is 2.27. The number of methoxy groups -OCH3 is 1. The summed E-state index contributed by atoms with van der Waals surface area (Å²) in [7, 11) is 1.65. The summed E-state index contributed by atoms with van der Waals surface area (Å²) >= 11 is 0. The second-order valence-corrected chi connectivity index (χ2v) is 4.39. The summed E-state index contributed by atoms with van der Waals surface area (Å²) < 4.78 is 5.29. The topological polar surface area (TPSA) is 29.5 Å². The van der Waals surface area contributed by atoms with E-state index in [0.717, 1.165) is 11.3 Å². The Hall–Kier alpha value is -1.51. The van der Waals surface area contributed by atoms with Gasteiger partial charge in [-0.15, -0.1) is 0 Å². The average molecular weight is 219 g/mol. The summed E-state index contributed by atoms with van der Waals surface area (Å²) in [4.78, 5) is 13.8. The van der Waals surface area contributed by atoms with Crippen molar-refractivity contribution in [3.05, 3.63) is 29.3 Å². The van der Waals surface area contributed by atoms with Crippen LogP contribution in [0.4, 0.5) is 0 Å². The van der Waals surface area contributed by atoms with Crippen LogP contribution < -0.4 is 4.74 Å². The van der Waals surface area contributed by atoms with Gasteiger partial charge in [0.15, 0.2) is 0 Å². The van der Waals surface area contributed by atoms with Gasteiger partial charge in [-0.2, -0.15) is 0 Å². The quantitative estimate of drug-likeness (QED) is 0.761. The number of carbonyl (C=O) groups is 1. The van der Waals surface area contributed by atoms with E-state index in [2.05, 4.69) is 6.07 Å². The monoisotopic (exact) mass is 219 g/mol. The maximum Gasteiger partial charge on any atom is 0.227 e. The molecule has 0 aromatic heterocycles. The molecule has 16 heavy (non-hydrogen) atoms. The van der Waals surface area contributed by atoms with Gasteiger partial charge in [-0.05, 0) is 25.5 Å². The lowest BCUT2D eigenvalue weighted by Crippen LogP contribution is -2.40. The van der Waals surface area contributed by atoms with Crippen LogP contribution in [0.25, 0.3) is 0 Å². The molecule has 0 saturated carbocycles. The lowest BCUT2D eigenvalue weighted by molar-refractivity contribution is -0.133. The smallest absolute Gasteiger partial charge is 0.227 e. The molecule has 1 heterocycles. The van der Waals surface area contributed by atoms with Gasteiger partial charge in [-0.3, -0.25) is 4.79 Å². The van der Waals surface area contributed by atoms with Crippen LogP contribution in [-0.2, 0) is 17.8 Å². The molecule has 0 N–H and O–H groups in total. The van der Waals surface area contributed by atoms with Gasteiger partial charge < -0.3 is 9.64 Å². The minimum atomic E-state index is 0.187. The Bertz CT molecular complexity index is 412. The van der Waals surface area contributed by atoms with Crippen LogP contribution >= 0.6 is 0 Å². The number of fused-ring (bicyclic) bond motifs is 1. The van der Waals surface area contributed by atoms with E-state index in [0.29, 0.717) is 13.0 Å². The molecule has 86 valence electrons. The van der Waals surface area contributed by atoms with Crippen LogP contribution in [0.15, 0.2) is 18.2 Å². The molecule has 1 aromatic rings. The van der Waals surface area contributed by atoms with Crippen molar-refractivity contribution in [2.45, 2.75) is 32.9 Å². The largest absolute Gasteiger partial charge is 0.496 e. The zero-order valence-corrected chi connectivity index (χ0v) is 9.99. The van der Waals surface area contributed by atoms with Gasteiger partial charge >= 0.3 is 0 Å². The van der Waals surface area contributed by atoms with Crippen molar-refractivity contribution in [3.63, 3.8) is 0 Å². The fourth-order valence-corrected chi connectivity index (χ4v) is 2.15. The van der Waals surface area contributed by atoms with Crippen LogP contribution in [-0.4, -0.2) is 24.0 Å². The molecule has 1 aromatic carbocycles. The molecule has 0 atom stereocenters. The van der Waals surface area contributed by atoms with E-state index >= 15 is 0 Å². The number of amides is 1. The Labute approximate surface area is 96.0 Å². The Balaban J connectivity index is 2.38. The normalized spacial score (nSPS) is 15.2. The molecule has 1 aliphatic heterocycles. The van der Waals surface area contributed by atoms with Gasteiger partial charge in [0.25, 0.3) is 0 Å². The predicted molar refractivity (Wildman–Crippen MR) is 62.4 cm³/mol. The van der Waals surface area contributed by atoms with Gasteiger partial charge in [-0.1, -0.05) is 12.1 Å². The summed E-state index contributed by atoms with van der Waals surface area (Å²) in [6, 6.07) is 6.22. The fourth-order valence-electron chi connectivity index (χ4n) is 2.15. The lowest BCUT2D eigenvalue weighted by Gasteiger charge is -2.32. The highest BCUT2D eigenvalue weighted by Gasteiger charge is 2.26. The van der Waals surface area contributed by atoms with Crippen LogP contribution in [0.3, 0.4) is 0 Å². The summed E-state index contributed by atoms with van der Waals surface area (Å²) in [5.74, 6) is 1.02. The zero-order valence-electron chi connectivity index (χ0n) is 9.99. The van der Waals surface area contributed by atoms with E-state index < -0.39 is 0 Å². The molecule has 1 amide bonds. The van der Waals surface area contributed by atoms with E-state index in [9.17, 15) is 4.79 Å². The third-order valence-corrected chi connectivity index (χ3v) is 3.06. The summed E-state index contributed by atoms with van der Waals surface area (Å²) in [6.45, 7) is 4.79. The fraction of sp³-hybridized carbons (Fsp3) is 0.462. The van der Waals surface area contributed by atoms with Crippen molar-refractivity contribution in [1.82, 2.24) is 4.90 Å². The van der Waals surface area contributed by atoms with Gasteiger partial charge in [0, 0.05) is 18.2 Å². The highest BCUT2D eigenvalue weighted by Crippen LogP contribution is 2.28. The first kappa shape index (κ1) is 11.0. The first-order valence-corrected chi connectivity index (χ1v) is 5.57. The second-order valence-electron chi connectivity index (χ2n) is 4.39. The minimum absolute atomic E-state index is 0.187. The number of hydrogen-bond donors (Lipinski definition) is 0. The molecule has 0 aliphatic carbocycles. The Morgan fingerprint density at radius 3 is 2.75 bits per heavy atom. The van der Waals surface area contributed by atoms with E-state index in [4.69, 9.17) is 4.74 Å². The number of carbonyl (C=O) groups excluding carboxylic acids is 1. The SMILES string of the molecule is COc1cccc2c1CC(=O)N(C(C)C)C2. The van der Waals surface area contributed by atoms with Crippen molar-refractivity contribution < 1.29 is 9.53 Å². The Morgan fingerprint density at radius 2 is 2.12 bits per heavy atom. The third-order valence-electron chi connectivity index (χ3n) is 3.06. The standard InChI is InChI=1S/C13H17NO2/c1-9(2)14-8-10-5-4-6-12(16-3)11(10)7-13(14)15/h4-6,9H,7-8H2,1-3H3. The molecule has 3 heteroatoms. The zero-order chi connectivity index (χ0) is 11.7. The van der Waals surface area contributed by atoms with Gasteiger partial charge in [0.05, 0.1) is 13.5 Å². The number of nitrogens with zero attached hydrogens (tertiary/aromatic N) is 1. The minimum Gasteiger partial charge on any atom is -0.496 e. The molecular weight excluding hydrogens is 202 g/mol. The summed E-state index contributed by atoms with van der Waals surface area (Å²) in [5, 5.41) is 0. The predicted octanol–water partition coefficient (Wildman–Crippen LogP) is 1.99. The molecule has 0 radical (unpaired) electrons. The van der Waals surface area contributed by atoms with E-state index in [1.165, 1.54) is 5.56 Å². The molecule has 0 bridgehead atoms. The van der Waals surface area contributed by atoms with Gasteiger partial charge in [-0.25, -0.2) is 0 Å². The molecule has 0 fully saturated rings. The van der Waals surface area contributed by atoms with Gasteiger partial charge in [0.1, 0.15) is 5.75 Å². The molecule has 1 aliphatic rings. The van der Waals surface area contributed by atoms with Crippen LogP contribution in [0, 0.1) is 0 Å². The third kappa shape index (κ3) is 1.77. The highest BCUT2D eigenvalue weighted by molar-refractivity contribution is 5.82. The maximum atomic E-state index is 11.9. The van der Waals surface area contributed by atoms with E-state index in [1.807, 2.05) is 30.9 Å². The van der Waals surface area contributed by atoms with Crippen molar-refractivity contribution in [2.75, 3.05) is 7.11 Å². The summed E-state index contributed by atoms with van der Waals surface area (Å²) in [6.07, 6.45) is 0.456. The second kappa shape index (κ2) is 4.16. The van der Waals surface area contributed by atoms with Crippen molar-refractivity contribution in [3.8, 4) is 5.75 Å². The number of ether oxygens (including phenoxy) is 1. The highest BCUT2D eigenvalue weighted by atomic mass is 16.5. The van der Waals surface area contributed by atoms with Crippen molar-refractivity contribution in [2.24, 2.45) is 0 Å². The molecule has 0 unspecified atom stereocenters. The van der Waals surface area contributed by atoms with E-state index in [-0.39, 0.29) is 11.9 Å². The van der Waals surface area contributed by atoms with Crippen molar-refractivity contribution in [1.29, 1.82) is 0 Å². The number of rotatable bonds is 2. The summed E-state index contributed by atoms with van der Waals surface area (Å²) in [5.41, 5.74) is 2.25. The molecule has 0 spiro atoms. The lowest BCUT2D eigenvalue weighted by atomic mass is 9.97. The maximum absolute atomic E-state index is 11.9. The van der Waals surface area contributed by atoms with Crippen LogP contribution in [0.2, 0.25) is 0 Å². The Kier molecular flexibility index (Phi) is 2.86. The first-order valence-electron chi connectivity index (χ1n) is 5.57. The van der Waals surface area contributed by atoms with E-state index in [1.54, 1.807) is 7.11 Å². The van der Waals surface area contributed by atoms with Gasteiger partial charge in [0.2, 0.25) is 5.91 Å². The van der Waals surface area contributed by atoms with Crippen LogP contribution in [0.5, 0.6) is 5.75 Å². The van der Waals surface area contributed by atoms with Crippen molar-refractivity contribution >= 4 is 5.91 Å².